The van der Waals surface area contributed by atoms with Gasteiger partial charge in [-0.05, 0) is 0 Å². The van der Waals surface area contributed by atoms with Crippen molar-refractivity contribution >= 4 is 22.4 Å². The normalized spacial score (nSPS) is 15.3. The molecule has 1 aliphatic carbocycles. The van der Waals surface area contributed by atoms with Gasteiger partial charge in [-0.15, -0.1) is 0 Å². The molecule has 0 nitrogen and oxygen atoms in total. The van der Waals surface area contributed by atoms with Gasteiger partial charge in [0.15, 0.2) is 0 Å². The minimum atomic E-state index is 0. The maximum Gasteiger partial charge on any atom is -1.00 e. The second-order valence-electron chi connectivity index (χ2n) is 5.88. The Labute approximate surface area is 171 Å². The first-order valence-electron chi connectivity index (χ1n) is 7.81. The van der Waals surface area contributed by atoms with Crippen molar-refractivity contribution in [2.24, 2.45) is 0 Å². The SMILES string of the molecule is CCc1cc(C2=Cc3ccccc3[CH]2[Zr+2])c2ccccc2c1.[Cl-].[Cl-]. The van der Waals surface area contributed by atoms with Crippen molar-refractivity contribution < 1.29 is 49.5 Å². The number of rotatable bonds is 2. The Hall–Kier alpha value is -0.877. The molecule has 4 rings (SSSR count). The van der Waals surface area contributed by atoms with Crippen LogP contribution in [0.1, 0.15) is 32.8 Å². The van der Waals surface area contributed by atoms with Gasteiger partial charge >= 0.3 is 147 Å². The van der Waals surface area contributed by atoms with E-state index in [1.807, 2.05) is 0 Å². The molecule has 0 spiro atoms. The molecule has 0 saturated carbocycles. The van der Waals surface area contributed by atoms with Gasteiger partial charge in [-0.3, -0.25) is 0 Å². The Balaban J connectivity index is 0.00000104. The smallest absolute Gasteiger partial charge is 1.00 e. The predicted molar refractivity (Wildman–Crippen MR) is 90.4 cm³/mol. The Morgan fingerprint density at radius 2 is 1.62 bits per heavy atom. The molecule has 3 heteroatoms. The summed E-state index contributed by atoms with van der Waals surface area (Å²) in [6.45, 7) is 2.24. The standard InChI is InChI=1S/C21H17.2ClH.Zr/c1-2-15-11-18-9-5-6-10-20(18)21(12-15)19-13-16-7-3-4-8-17(16)14-19;;;/h3-14H,2H2,1H3;2*1H;/q;;;+2/p-2. The van der Waals surface area contributed by atoms with E-state index in [0.29, 0.717) is 3.63 Å². The van der Waals surface area contributed by atoms with Gasteiger partial charge < -0.3 is 24.8 Å². The number of allylic oxidation sites excluding steroid dienone is 1. The molecule has 1 aliphatic rings. The largest absolute Gasteiger partial charge is 1.00 e. The van der Waals surface area contributed by atoms with E-state index in [9.17, 15) is 0 Å². The van der Waals surface area contributed by atoms with E-state index >= 15 is 0 Å². The summed E-state index contributed by atoms with van der Waals surface area (Å²) in [6.07, 6.45) is 3.48. The van der Waals surface area contributed by atoms with E-state index < -0.39 is 0 Å². The molecule has 0 N–H and O–H groups in total. The molecule has 0 aliphatic heterocycles. The van der Waals surface area contributed by atoms with Crippen LogP contribution in [-0.4, -0.2) is 0 Å². The summed E-state index contributed by atoms with van der Waals surface area (Å²) >= 11 is 1.57. The van der Waals surface area contributed by atoms with Crippen LogP contribution in [0.2, 0.25) is 0 Å². The average molecular weight is 431 g/mol. The summed E-state index contributed by atoms with van der Waals surface area (Å²) in [4.78, 5) is 0. The topological polar surface area (TPSA) is 0 Å². The molecule has 0 bridgehead atoms. The fourth-order valence-electron chi connectivity index (χ4n) is 3.37. The van der Waals surface area contributed by atoms with Crippen LogP contribution in [0.4, 0.5) is 0 Å². The summed E-state index contributed by atoms with van der Waals surface area (Å²) < 4.78 is 0.555. The van der Waals surface area contributed by atoms with Crippen molar-refractivity contribution in [1.82, 2.24) is 0 Å². The molecule has 0 saturated heterocycles. The summed E-state index contributed by atoms with van der Waals surface area (Å²) in [6, 6.07) is 22.3. The molecule has 1 unspecified atom stereocenters. The van der Waals surface area contributed by atoms with Gasteiger partial charge in [0.05, 0.1) is 0 Å². The van der Waals surface area contributed by atoms with Crippen molar-refractivity contribution in [2.45, 2.75) is 17.0 Å². The van der Waals surface area contributed by atoms with E-state index in [1.54, 1.807) is 24.7 Å². The van der Waals surface area contributed by atoms with Crippen molar-refractivity contribution in [3.8, 4) is 0 Å². The Bertz CT molecular complexity index is 899. The molecule has 0 fully saturated rings. The van der Waals surface area contributed by atoms with Crippen LogP contribution in [0.5, 0.6) is 0 Å². The van der Waals surface area contributed by atoms with Gasteiger partial charge in [-0.1, -0.05) is 0 Å². The van der Waals surface area contributed by atoms with Crippen LogP contribution < -0.4 is 24.8 Å². The van der Waals surface area contributed by atoms with Crippen molar-refractivity contribution in [1.29, 1.82) is 0 Å². The number of fused-ring (bicyclic) bond motifs is 2. The summed E-state index contributed by atoms with van der Waals surface area (Å²) in [5, 5.41) is 2.74. The number of benzene rings is 3. The Morgan fingerprint density at radius 1 is 0.917 bits per heavy atom. The summed E-state index contributed by atoms with van der Waals surface area (Å²) in [7, 11) is 0. The molecule has 0 amide bonds. The summed E-state index contributed by atoms with van der Waals surface area (Å²) in [5.74, 6) is 0. The molecular formula is C21H17Cl2Zr. The van der Waals surface area contributed by atoms with Gasteiger partial charge in [0.1, 0.15) is 0 Å². The van der Waals surface area contributed by atoms with E-state index in [1.165, 1.54) is 38.6 Å². The zero-order chi connectivity index (χ0) is 15.1. The first-order chi connectivity index (χ1) is 10.8. The number of hydrogen-bond acceptors (Lipinski definition) is 0. The van der Waals surface area contributed by atoms with Gasteiger partial charge in [0.25, 0.3) is 0 Å². The molecule has 0 radical (unpaired) electrons. The zero-order valence-electron chi connectivity index (χ0n) is 13.4. The maximum absolute atomic E-state index is 2.40. The number of halogens is 2. The first-order valence-corrected chi connectivity index (χ1v) is 9.23. The Morgan fingerprint density at radius 3 is 2.38 bits per heavy atom. The maximum atomic E-state index is 2.40. The second-order valence-corrected chi connectivity index (χ2v) is 7.30. The van der Waals surface area contributed by atoms with Crippen LogP contribution in [0.25, 0.3) is 22.4 Å². The van der Waals surface area contributed by atoms with Crippen molar-refractivity contribution in [2.75, 3.05) is 0 Å². The molecular weight excluding hydrogens is 414 g/mol. The van der Waals surface area contributed by atoms with E-state index in [0.717, 1.165) is 6.42 Å². The van der Waals surface area contributed by atoms with E-state index in [2.05, 4.69) is 73.7 Å². The van der Waals surface area contributed by atoms with Gasteiger partial charge in [0.2, 0.25) is 0 Å². The van der Waals surface area contributed by atoms with E-state index in [-0.39, 0.29) is 24.8 Å². The van der Waals surface area contributed by atoms with Crippen molar-refractivity contribution in [3.63, 3.8) is 0 Å². The third kappa shape index (κ3) is 3.27. The van der Waals surface area contributed by atoms with Crippen LogP contribution in [0.3, 0.4) is 0 Å². The zero-order valence-corrected chi connectivity index (χ0v) is 17.4. The van der Waals surface area contributed by atoms with Crippen LogP contribution >= 0.6 is 0 Å². The third-order valence-electron chi connectivity index (χ3n) is 4.57. The minimum absolute atomic E-state index is 0. The molecule has 24 heavy (non-hydrogen) atoms. The molecule has 0 aromatic heterocycles. The first kappa shape index (κ1) is 19.4. The van der Waals surface area contributed by atoms with Gasteiger partial charge in [-0.25, -0.2) is 0 Å². The minimum Gasteiger partial charge on any atom is -1.00 e. The number of hydrogen-bond donors (Lipinski definition) is 0. The molecule has 3 aromatic carbocycles. The fraction of sp³-hybridized carbons (Fsp3) is 0.143. The molecule has 0 heterocycles. The quantitative estimate of drug-likeness (QED) is 0.516. The van der Waals surface area contributed by atoms with Crippen molar-refractivity contribution in [3.05, 3.63) is 82.9 Å². The van der Waals surface area contributed by atoms with Gasteiger partial charge in [0, 0.05) is 0 Å². The monoisotopic (exact) mass is 429 g/mol. The average Bonchev–Trinajstić information content (AvgIpc) is 2.91. The molecule has 1 atom stereocenters. The van der Waals surface area contributed by atoms with Crippen LogP contribution in [0.15, 0.2) is 60.7 Å². The molecule has 3 aromatic rings. The van der Waals surface area contributed by atoms with E-state index in [4.69, 9.17) is 0 Å². The predicted octanol–water partition coefficient (Wildman–Crippen LogP) is -0.448. The Kier molecular flexibility index (Phi) is 6.48. The third-order valence-corrected chi connectivity index (χ3v) is 6.10. The van der Waals surface area contributed by atoms with Crippen LogP contribution in [-0.2, 0) is 31.1 Å². The fourth-order valence-corrected chi connectivity index (χ4v) is 4.61. The second kappa shape index (κ2) is 8.00. The van der Waals surface area contributed by atoms with Gasteiger partial charge in [-0.2, -0.15) is 0 Å². The summed E-state index contributed by atoms with van der Waals surface area (Å²) in [5.41, 5.74) is 7.22. The van der Waals surface area contributed by atoms with Crippen LogP contribution in [0, 0.1) is 0 Å². The molecule has 119 valence electrons. The number of aryl methyl sites for hydroxylation is 1.